The van der Waals surface area contributed by atoms with Gasteiger partial charge in [0, 0.05) is 25.2 Å². The summed E-state index contributed by atoms with van der Waals surface area (Å²) in [7, 11) is 0. The molecule has 2 rings (SSSR count). The summed E-state index contributed by atoms with van der Waals surface area (Å²) >= 11 is 5.56. The van der Waals surface area contributed by atoms with Crippen LogP contribution < -0.4 is 10.6 Å². The van der Waals surface area contributed by atoms with Crippen molar-refractivity contribution in [2.45, 2.75) is 12.8 Å². The maximum absolute atomic E-state index is 13.4. The van der Waals surface area contributed by atoms with Crippen LogP contribution in [0.1, 0.15) is 12.8 Å². The Labute approximate surface area is 121 Å². The average Bonchev–Trinajstić information content (AvgIpc) is 2.43. The largest absolute Gasteiger partial charge is 0.379 e. The van der Waals surface area contributed by atoms with Crippen molar-refractivity contribution in [1.82, 2.24) is 5.32 Å². The molecule has 108 valence electrons. The Balaban J connectivity index is 2.03. The monoisotopic (exact) mass is 299 g/mol. The van der Waals surface area contributed by atoms with E-state index in [0.29, 0.717) is 6.54 Å². The van der Waals surface area contributed by atoms with Gasteiger partial charge in [0.15, 0.2) is 0 Å². The summed E-state index contributed by atoms with van der Waals surface area (Å²) in [5.74, 6) is -0.666. The molecule has 1 heterocycles. The Morgan fingerprint density at radius 2 is 2.30 bits per heavy atom. The molecule has 0 unspecified atom stereocenters. The quantitative estimate of drug-likeness (QED) is 0.498. The third-order valence-electron chi connectivity index (χ3n) is 3.15. The molecule has 0 radical (unpaired) electrons. The Hall–Kier alpha value is -1.66. The van der Waals surface area contributed by atoms with Crippen molar-refractivity contribution >= 4 is 23.0 Å². The van der Waals surface area contributed by atoms with Crippen molar-refractivity contribution < 1.29 is 9.31 Å². The van der Waals surface area contributed by atoms with Gasteiger partial charge in [0.1, 0.15) is 11.5 Å². The zero-order valence-corrected chi connectivity index (χ0v) is 11.5. The lowest BCUT2D eigenvalue weighted by atomic mass is 10.1. The van der Waals surface area contributed by atoms with Crippen LogP contribution in [-0.4, -0.2) is 24.6 Å². The highest BCUT2D eigenvalue weighted by atomic mass is 35.5. The predicted octanol–water partition coefficient (Wildman–Crippen LogP) is 3.11. The number of nitrogens with one attached hydrogen (secondary N) is 2. The molecular formula is C13H15ClFN3O2. The van der Waals surface area contributed by atoms with Crippen LogP contribution in [-0.2, 0) is 0 Å². The minimum Gasteiger partial charge on any atom is -0.379 e. The molecule has 0 saturated carbocycles. The van der Waals surface area contributed by atoms with Gasteiger partial charge >= 0.3 is 0 Å². The molecule has 0 amide bonds. The fraction of sp³-hybridized carbons (Fsp3) is 0.385. The summed E-state index contributed by atoms with van der Waals surface area (Å²) in [5, 5.41) is 16.8. The number of benzene rings is 1. The lowest BCUT2D eigenvalue weighted by Crippen LogP contribution is -2.21. The van der Waals surface area contributed by atoms with Crippen LogP contribution in [0.25, 0.3) is 0 Å². The number of halogens is 2. The van der Waals surface area contributed by atoms with Crippen LogP contribution in [0.4, 0.5) is 15.8 Å². The van der Waals surface area contributed by atoms with Crippen molar-refractivity contribution in [2.24, 2.45) is 0 Å². The fourth-order valence-corrected chi connectivity index (χ4v) is 2.24. The predicted molar refractivity (Wildman–Crippen MR) is 76.7 cm³/mol. The first-order chi connectivity index (χ1) is 9.58. The Morgan fingerprint density at radius 1 is 1.50 bits per heavy atom. The summed E-state index contributed by atoms with van der Waals surface area (Å²) < 4.78 is 13.4. The number of rotatable bonds is 5. The first kappa shape index (κ1) is 14.7. The third-order valence-corrected chi connectivity index (χ3v) is 3.44. The van der Waals surface area contributed by atoms with Gasteiger partial charge in [0.05, 0.1) is 9.95 Å². The zero-order chi connectivity index (χ0) is 14.5. The highest BCUT2D eigenvalue weighted by Crippen LogP contribution is 2.30. The van der Waals surface area contributed by atoms with Crippen molar-refractivity contribution in [3.8, 4) is 0 Å². The van der Waals surface area contributed by atoms with Crippen LogP contribution in [0.3, 0.4) is 0 Å². The molecule has 1 aliphatic rings. The molecule has 0 aromatic heterocycles. The summed E-state index contributed by atoms with van der Waals surface area (Å²) in [5.41, 5.74) is 1.25. The molecule has 1 aliphatic heterocycles. The van der Waals surface area contributed by atoms with Crippen molar-refractivity contribution in [2.75, 3.05) is 25.0 Å². The summed E-state index contributed by atoms with van der Waals surface area (Å²) in [4.78, 5) is 10.3. The molecule has 0 saturated heterocycles. The minimum absolute atomic E-state index is 0.159. The molecule has 1 aromatic carbocycles. The second-order valence-electron chi connectivity index (χ2n) is 4.53. The second-order valence-corrected chi connectivity index (χ2v) is 4.94. The molecule has 2 N–H and O–H groups in total. The number of hydrogen-bond acceptors (Lipinski definition) is 4. The summed E-state index contributed by atoms with van der Waals surface area (Å²) in [6.45, 7) is 2.32. The van der Waals surface area contributed by atoms with E-state index in [1.165, 1.54) is 5.57 Å². The number of nitro groups is 1. The van der Waals surface area contributed by atoms with Crippen LogP contribution in [0.15, 0.2) is 23.8 Å². The van der Waals surface area contributed by atoms with Crippen molar-refractivity contribution in [3.05, 3.63) is 44.7 Å². The zero-order valence-electron chi connectivity index (χ0n) is 10.8. The summed E-state index contributed by atoms with van der Waals surface area (Å²) in [6.07, 6.45) is 3.86. The molecule has 0 bridgehead atoms. The van der Waals surface area contributed by atoms with E-state index < -0.39 is 10.7 Å². The first-order valence-corrected chi connectivity index (χ1v) is 6.71. The van der Waals surface area contributed by atoms with Crippen LogP contribution in [0.5, 0.6) is 0 Å². The van der Waals surface area contributed by atoms with Crippen LogP contribution >= 0.6 is 11.6 Å². The normalized spacial score (nSPS) is 14.8. The van der Waals surface area contributed by atoms with E-state index in [4.69, 9.17) is 11.6 Å². The smallest absolute Gasteiger partial charge is 0.294 e. The van der Waals surface area contributed by atoms with Gasteiger partial charge in [-0.25, -0.2) is 4.39 Å². The highest BCUT2D eigenvalue weighted by Gasteiger charge is 2.17. The first-order valence-electron chi connectivity index (χ1n) is 6.34. The van der Waals surface area contributed by atoms with Gasteiger partial charge in [0.2, 0.25) is 0 Å². The maximum atomic E-state index is 13.4. The number of hydrogen-bond donors (Lipinski definition) is 2. The van der Waals surface area contributed by atoms with E-state index in [2.05, 4.69) is 16.7 Å². The number of nitrogens with zero attached hydrogens (tertiary/aromatic N) is 1. The Morgan fingerprint density at radius 3 is 2.95 bits per heavy atom. The molecule has 0 aliphatic carbocycles. The molecule has 7 heteroatoms. The van der Waals surface area contributed by atoms with Crippen LogP contribution in [0.2, 0.25) is 5.02 Å². The SMILES string of the molecule is O=[N+]([O-])c1cc(Cl)c(F)cc1NCCC1=CCNCC1. The lowest BCUT2D eigenvalue weighted by molar-refractivity contribution is -0.384. The molecule has 1 aromatic rings. The lowest BCUT2D eigenvalue weighted by Gasteiger charge is -2.14. The maximum Gasteiger partial charge on any atom is 0.294 e. The summed E-state index contributed by atoms with van der Waals surface area (Å²) in [6, 6.07) is 2.10. The molecule has 0 fully saturated rings. The molecular weight excluding hydrogens is 285 g/mol. The van der Waals surface area contributed by atoms with E-state index in [9.17, 15) is 14.5 Å². The van der Waals surface area contributed by atoms with E-state index in [0.717, 1.165) is 38.1 Å². The van der Waals surface area contributed by atoms with Gasteiger partial charge in [-0.15, -0.1) is 0 Å². The van der Waals surface area contributed by atoms with E-state index in [1.54, 1.807) is 0 Å². The fourth-order valence-electron chi connectivity index (χ4n) is 2.08. The number of nitro benzene ring substituents is 1. The van der Waals surface area contributed by atoms with Crippen molar-refractivity contribution in [3.63, 3.8) is 0 Å². The Bertz CT molecular complexity index is 549. The van der Waals surface area contributed by atoms with E-state index in [1.807, 2.05) is 0 Å². The van der Waals surface area contributed by atoms with Crippen molar-refractivity contribution in [1.29, 1.82) is 0 Å². The highest BCUT2D eigenvalue weighted by molar-refractivity contribution is 6.31. The minimum atomic E-state index is -0.666. The molecule has 0 atom stereocenters. The standard InChI is InChI=1S/C13H15ClFN3O2/c14-10-7-13(18(19)20)12(8-11(10)15)17-6-3-9-1-4-16-5-2-9/h1,7-8,16-17H,2-6H2. The van der Waals surface area contributed by atoms with E-state index >= 15 is 0 Å². The second kappa shape index (κ2) is 6.67. The van der Waals surface area contributed by atoms with Gasteiger partial charge in [-0.3, -0.25) is 10.1 Å². The molecule has 0 spiro atoms. The topological polar surface area (TPSA) is 67.2 Å². The third kappa shape index (κ3) is 3.68. The van der Waals surface area contributed by atoms with Crippen LogP contribution in [0, 0.1) is 15.9 Å². The van der Waals surface area contributed by atoms with E-state index in [-0.39, 0.29) is 16.4 Å². The van der Waals surface area contributed by atoms with Gasteiger partial charge in [-0.05, 0) is 19.4 Å². The van der Waals surface area contributed by atoms with Gasteiger partial charge in [-0.2, -0.15) is 0 Å². The molecule has 5 nitrogen and oxygen atoms in total. The van der Waals surface area contributed by atoms with Gasteiger partial charge < -0.3 is 10.6 Å². The molecule has 20 heavy (non-hydrogen) atoms. The van der Waals surface area contributed by atoms with Gasteiger partial charge in [0.25, 0.3) is 5.69 Å². The van der Waals surface area contributed by atoms with Gasteiger partial charge in [-0.1, -0.05) is 23.3 Å². The Kier molecular flexibility index (Phi) is 4.92. The number of anilines is 1. The average molecular weight is 300 g/mol.